The highest BCUT2D eigenvalue weighted by atomic mass is 127. The van der Waals surface area contributed by atoms with E-state index in [-0.39, 0.29) is 15.9 Å². The Kier molecular flexibility index (Phi) is 4.77. The van der Waals surface area contributed by atoms with Crippen molar-refractivity contribution in [3.8, 4) is 5.88 Å². The van der Waals surface area contributed by atoms with Crippen LogP contribution in [-0.4, -0.2) is 23.9 Å². The second-order valence-electron chi connectivity index (χ2n) is 3.21. The van der Waals surface area contributed by atoms with Crippen LogP contribution in [0.2, 0.25) is 0 Å². The van der Waals surface area contributed by atoms with Crippen molar-refractivity contribution < 1.29 is 27.4 Å². The van der Waals surface area contributed by atoms with Crippen LogP contribution in [0.3, 0.4) is 0 Å². The molecule has 0 aromatic carbocycles. The molecule has 0 aliphatic heterocycles. The quantitative estimate of drug-likeness (QED) is 0.463. The molecule has 0 amide bonds. The number of pyridine rings is 1. The summed E-state index contributed by atoms with van der Waals surface area (Å²) in [6, 6.07) is 1.47. The molecule has 0 saturated heterocycles. The van der Waals surface area contributed by atoms with Crippen molar-refractivity contribution in [2.45, 2.75) is 20.2 Å². The molecule has 0 spiro atoms. The number of halogens is 4. The van der Waals surface area contributed by atoms with Gasteiger partial charge in [0.25, 0.3) is 0 Å². The molecule has 0 saturated carbocycles. The standard InChI is InChI=1S/C10H9F3INO3/c1-3-17-9(16)7-5(2)4-6(14)15-8(7)18-10(11,12)13/h4H,3H2,1-2H3. The first-order valence-electron chi connectivity index (χ1n) is 4.84. The van der Waals surface area contributed by atoms with Crippen LogP contribution >= 0.6 is 22.6 Å². The molecule has 0 atom stereocenters. The van der Waals surface area contributed by atoms with Crippen molar-refractivity contribution in [3.63, 3.8) is 0 Å². The van der Waals surface area contributed by atoms with E-state index in [4.69, 9.17) is 0 Å². The molecular formula is C10H9F3INO3. The van der Waals surface area contributed by atoms with Gasteiger partial charge in [-0.15, -0.1) is 13.2 Å². The Balaban J connectivity index is 3.25. The van der Waals surface area contributed by atoms with Crippen molar-refractivity contribution in [1.29, 1.82) is 0 Å². The minimum atomic E-state index is -4.91. The molecule has 0 fully saturated rings. The van der Waals surface area contributed by atoms with Crippen molar-refractivity contribution in [2.24, 2.45) is 0 Å². The number of aryl methyl sites for hydroxylation is 1. The Labute approximate surface area is 115 Å². The number of carbonyl (C=O) groups excluding carboxylic acids is 1. The van der Waals surface area contributed by atoms with E-state index in [0.717, 1.165) is 0 Å². The predicted molar refractivity (Wildman–Crippen MR) is 64.3 cm³/mol. The van der Waals surface area contributed by atoms with Crippen LogP contribution < -0.4 is 4.74 Å². The summed E-state index contributed by atoms with van der Waals surface area (Å²) in [5, 5.41) is 0. The van der Waals surface area contributed by atoms with Crippen LogP contribution in [0.1, 0.15) is 22.8 Å². The second kappa shape index (κ2) is 5.72. The number of hydrogen-bond acceptors (Lipinski definition) is 4. The summed E-state index contributed by atoms with van der Waals surface area (Å²) in [5.74, 6) is -1.68. The van der Waals surface area contributed by atoms with E-state index < -0.39 is 18.2 Å². The molecule has 0 aliphatic rings. The van der Waals surface area contributed by atoms with Crippen molar-refractivity contribution in [3.05, 3.63) is 20.9 Å². The van der Waals surface area contributed by atoms with E-state index >= 15 is 0 Å². The van der Waals surface area contributed by atoms with Crippen LogP contribution in [-0.2, 0) is 4.74 Å². The molecule has 1 rings (SSSR count). The molecule has 0 N–H and O–H groups in total. The van der Waals surface area contributed by atoms with Crippen molar-refractivity contribution in [2.75, 3.05) is 6.61 Å². The highest BCUT2D eigenvalue weighted by molar-refractivity contribution is 14.1. The van der Waals surface area contributed by atoms with E-state index in [0.29, 0.717) is 5.56 Å². The van der Waals surface area contributed by atoms with Gasteiger partial charge in [0.2, 0.25) is 5.88 Å². The Morgan fingerprint density at radius 1 is 1.50 bits per heavy atom. The smallest absolute Gasteiger partial charge is 0.462 e. The summed E-state index contributed by atoms with van der Waals surface area (Å²) in [7, 11) is 0. The summed E-state index contributed by atoms with van der Waals surface area (Å²) in [5.41, 5.74) is 0.00157. The zero-order valence-electron chi connectivity index (χ0n) is 9.47. The third kappa shape index (κ3) is 4.00. The third-order valence-electron chi connectivity index (χ3n) is 1.84. The molecule has 1 heterocycles. The minimum Gasteiger partial charge on any atom is -0.462 e. The number of aromatic nitrogens is 1. The van der Waals surface area contributed by atoms with Crippen LogP contribution in [0.15, 0.2) is 6.07 Å². The van der Waals surface area contributed by atoms with Gasteiger partial charge in [0.05, 0.1) is 6.61 Å². The first-order chi connectivity index (χ1) is 8.24. The highest BCUT2D eigenvalue weighted by Crippen LogP contribution is 2.28. The van der Waals surface area contributed by atoms with Gasteiger partial charge in [0, 0.05) is 0 Å². The summed E-state index contributed by atoms with van der Waals surface area (Å²) in [4.78, 5) is 15.1. The number of rotatable bonds is 3. The fourth-order valence-corrected chi connectivity index (χ4v) is 1.93. The number of nitrogens with zero attached hydrogens (tertiary/aromatic N) is 1. The average Bonchev–Trinajstić information content (AvgIpc) is 2.13. The molecule has 0 unspecified atom stereocenters. The minimum absolute atomic E-state index is 0.0513. The lowest BCUT2D eigenvalue weighted by Gasteiger charge is -2.13. The average molecular weight is 375 g/mol. The highest BCUT2D eigenvalue weighted by Gasteiger charge is 2.35. The van der Waals surface area contributed by atoms with E-state index in [9.17, 15) is 18.0 Å². The normalized spacial score (nSPS) is 11.2. The first kappa shape index (κ1) is 15.0. The van der Waals surface area contributed by atoms with Gasteiger partial charge in [-0.3, -0.25) is 0 Å². The van der Waals surface area contributed by atoms with Crippen LogP contribution in [0.5, 0.6) is 5.88 Å². The molecule has 18 heavy (non-hydrogen) atoms. The number of esters is 1. The fraction of sp³-hybridized carbons (Fsp3) is 0.400. The van der Waals surface area contributed by atoms with Crippen LogP contribution in [0, 0.1) is 10.6 Å². The SMILES string of the molecule is CCOC(=O)c1c(C)cc(I)nc1OC(F)(F)F. The van der Waals surface area contributed by atoms with E-state index in [1.165, 1.54) is 13.0 Å². The summed E-state index contributed by atoms with van der Waals surface area (Å²) in [6.07, 6.45) is -4.91. The van der Waals surface area contributed by atoms with Gasteiger partial charge in [-0.2, -0.15) is 0 Å². The molecule has 0 radical (unpaired) electrons. The summed E-state index contributed by atoms with van der Waals surface area (Å²) < 4.78 is 45.4. The molecule has 0 aliphatic carbocycles. The van der Waals surface area contributed by atoms with Crippen LogP contribution in [0.25, 0.3) is 0 Å². The van der Waals surface area contributed by atoms with E-state index in [1.54, 1.807) is 29.5 Å². The largest absolute Gasteiger partial charge is 0.574 e. The lowest BCUT2D eigenvalue weighted by atomic mass is 10.1. The Bertz CT molecular complexity index is 462. The molecule has 100 valence electrons. The van der Waals surface area contributed by atoms with Gasteiger partial charge in [0.1, 0.15) is 9.26 Å². The number of ether oxygens (including phenoxy) is 2. The number of carbonyl (C=O) groups is 1. The molecule has 0 bridgehead atoms. The first-order valence-corrected chi connectivity index (χ1v) is 5.92. The maximum atomic E-state index is 12.2. The topological polar surface area (TPSA) is 48.4 Å². The Morgan fingerprint density at radius 3 is 2.61 bits per heavy atom. The van der Waals surface area contributed by atoms with Gasteiger partial charge in [-0.25, -0.2) is 9.78 Å². The zero-order chi connectivity index (χ0) is 13.9. The lowest BCUT2D eigenvalue weighted by Crippen LogP contribution is -2.21. The second-order valence-corrected chi connectivity index (χ2v) is 4.32. The number of hydrogen-bond donors (Lipinski definition) is 0. The van der Waals surface area contributed by atoms with Gasteiger partial charge in [-0.05, 0) is 48.1 Å². The summed E-state index contributed by atoms with van der Waals surface area (Å²) in [6.45, 7) is 3.09. The monoisotopic (exact) mass is 375 g/mol. The van der Waals surface area contributed by atoms with Gasteiger partial charge < -0.3 is 9.47 Å². The molecule has 8 heteroatoms. The maximum absolute atomic E-state index is 12.2. The fourth-order valence-electron chi connectivity index (χ4n) is 1.24. The Morgan fingerprint density at radius 2 is 2.11 bits per heavy atom. The van der Waals surface area contributed by atoms with Gasteiger partial charge in [-0.1, -0.05) is 0 Å². The predicted octanol–water partition coefficient (Wildman–Crippen LogP) is 3.07. The molecule has 4 nitrogen and oxygen atoms in total. The molecule has 1 aromatic heterocycles. The van der Waals surface area contributed by atoms with E-state index in [2.05, 4.69) is 14.5 Å². The third-order valence-corrected chi connectivity index (χ3v) is 2.40. The molecule has 1 aromatic rings. The maximum Gasteiger partial charge on any atom is 0.574 e. The Hall–Kier alpha value is -1.06. The van der Waals surface area contributed by atoms with Crippen molar-refractivity contribution >= 4 is 28.6 Å². The zero-order valence-corrected chi connectivity index (χ0v) is 11.6. The lowest BCUT2D eigenvalue weighted by molar-refractivity contribution is -0.276. The van der Waals surface area contributed by atoms with Gasteiger partial charge >= 0.3 is 12.3 Å². The van der Waals surface area contributed by atoms with E-state index in [1.807, 2.05) is 0 Å². The number of alkyl halides is 3. The van der Waals surface area contributed by atoms with Gasteiger partial charge in [0.15, 0.2) is 0 Å². The molecular weight excluding hydrogens is 366 g/mol. The van der Waals surface area contributed by atoms with Crippen molar-refractivity contribution in [1.82, 2.24) is 4.98 Å². The van der Waals surface area contributed by atoms with Crippen LogP contribution in [0.4, 0.5) is 13.2 Å². The summed E-state index contributed by atoms with van der Waals surface area (Å²) >= 11 is 1.73.